The van der Waals surface area contributed by atoms with Gasteiger partial charge in [-0.05, 0) is 42.3 Å². The molecule has 0 bridgehead atoms. The van der Waals surface area contributed by atoms with Crippen molar-refractivity contribution in [2.24, 2.45) is 0 Å². The highest BCUT2D eigenvalue weighted by Crippen LogP contribution is 2.19. The molecule has 2 aromatic rings. The van der Waals surface area contributed by atoms with E-state index in [0.29, 0.717) is 16.3 Å². The molecule has 134 valence electrons. The molecule has 0 radical (unpaired) electrons. The maximum atomic E-state index is 11.8. The molecule has 2 aromatic carbocycles. The second-order valence-electron chi connectivity index (χ2n) is 5.30. The number of aryl methyl sites for hydroxylation is 1. The van der Waals surface area contributed by atoms with Gasteiger partial charge in [0, 0.05) is 28.9 Å². The lowest BCUT2D eigenvalue weighted by molar-refractivity contribution is -0.384. The van der Waals surface area contributed by atoms with Crippen molar-refractivity contribution in [2.45, 2.75) is 6.92 Å². The Morgan fingerprint density at radius 1 is 1.27 bits per heavy atom. The van der Waals surface area contributed by atoms with Crippen molar-refractivity contribution >= 4 is 40.9 Å². The minimum Gasteiger partial charge on any atom is -0.452 e. The van der Waals surface area contributed by atoms with Crippen molar-refractivity contribution in [2.75, 3.05) is 11.9 Å². The number of carbonyl (C=O) groups is 2. The van der Waals surface area contributed by atoms with Gasteiger partial charge in [0.2, 0.25) is 0 Å². The van der Waals surface area contributed by atoms with Gasteiger partial charge in [-0.25, -0.2) is 4.79 Å². The molecule has 26 heavy (non-hydrogen) atoms. The van der Waals surface area contributed by atoms with E-state index in [1.807, 2.05) is 0 Å². The van der Waals surface area contributed by atoms with Crippen LogP contribution in [0.25, 0.3) is 6.08 Å². The first-order valence-corrected chi connectivity index (χ1v) is 7.88. The van der Waals surface area contributed by atoms with Crippen LogP contribution >= 0.6 is 11.6 Å². The summed E-state index contributed by atoms with van der Waals surface area (Å²) < 4.78 is 4.84. The average molecular weight is 375 g/mol. The number of carbonyl (C=O) groups excluding carboxylic acids is 2. The Hall–Kier alpha value is -3.19. The second kappa shape index (κ2) is 8.77. The lowest BCUT2D eigenvalue weighted by Gasteiger charge is -2.08. The SMILES string of the molecule is Cc1cc(Cl)ccc1NC(=O)COC(=O)C=Cc1cccc([N+](=O)[O-])c1. The van der Waals surface area contributed by atoms with Crippen molar-refractivity contribution < 1.29 is 19.2 Å². The number of nitrogens with zero attached hydrogens (tertiary/aromatic N) is 1. The maximum Gasteiger partial charge on any atom is 0.331 e. The van der Waals surface area contributed by atoms with Gasteiger partial charge in [-0.15, -0.1) is 0 Å². The van der Waals surface area contributed by atoms with Gasteiger partial charge in [0.05, 0.1) is 4.92 Å². The number of esters is 1. The molecule has 0 saturated heterocycles. The number of ether oxygens (including phenoxy) is 1. The summed E-state index contributed by atoms with van der Waals surface area (Å²) in [7, 11) is 0. The first-order valence-electron chi connectivity index (χ1n) is 7.50. The molecule has 0 spiro atoms. The number of rotatable bonds is 6. The third kappa shape index (κ3) is 5.71. The van der Waals surface area contributed by atoms with Crippen LogP contribution in [0.5, 0.6) is 0 Å². The van der Waals surface area contributed by atoms with Crippen LogP contribution in [-0.4, -0.2) is 23.4 Å². The number of hydrogen-bond acceptors (Lipinski definition) is 5. The summed E-state index contributed by atoms with van der Waals surface area (Å²) in [5.74, 6) is -1.23. The Morgan fingerprint density at radius 3 is 2.73 bits per heavy atom. The first kappa shape index (κ1) is 19.1. The fourth-order valence-corrected chi connectivity index (χ4v) is 2.27. The lowest BCUT2D eigenvalue weighted by Crippen LogP contribution is -2.20. The van der Waals surface area contributed by atoms with Gasteiger partial charge in [-0.3, -0.25) is 14.9 Å². The summed E-state index contributed by atoms with van der Waals surface area (Å²) in [4.78, 5) is 33.7. The van der Waals surface area contributed by atoms with E-state index in [9.17, 15) is 19.7 Å². The molecular formula is C18H15ClN2O5. The van der Waals surface area contributed by atoms with E-state index in [-0.39, 0.29) is 5.69 Å². The molecular weight excluding hydrogens is 360 g/mol. The standard InChI is InChI=1S/C18H15ClN2O5/c1-12-9-14(19)6-7-16(12)20-17(22)11-26-18(23)8-5-13-3-2-4-15(10-13)21(24)25/h2-10H,11H2,1H3,(H,20,22). The van der Waals surface area contributed by atoms with Gasteiger partial charge in [-0.2, -0.15) is 0 Å². The Morgan fingerprint density at radius 2 is 2.04 bits per heavy atom. The van der Waals surface area contributed by atoms with E-state index < -0.39 is 23.4 Å². The van der Waals surface area contributed by atoms with Crippen LogP contribution in [-0.2, 0) is 14.3 Å². The molecule has 8 heteroatoms. The monoisotopic (exact) mass is 374 g/mol. The number of halogens is 1. The minimum atomic E-state index is -0.737. The van der Waals surface area contributed by atoms with Gasteiger partial charge >= 0.3 is 5.97 Å². The number of non-ortho nitro benzene ring substituents is 1. The van der Waals surface area contributed by atoms with Crippen LogP contribution in [0.2, 0.25) is 5.02 Å². The van der Waals surface area contributed by atoms with Crippen molar-refractivity contribution in [3.63, 3.8) is 0 Å². The van der Waals surface area contributed by atoms with Crippen molar-refractivity contribution in [3.05, 3.63) is 74.8 Å². The first-order chi connectivity index (χ1) is 12.3. The number of hydrogen-bond donors (Lipinski definition) is 1. The summed E-state index contributed by atoms with van der Waals surface area (Å²) in [5.41, 5.74) is 1.74. The van der Waals surface area contributed by atoms with Crippen LogP contribution < -0.4 is 5.32 Å². The Labute approximate surface area is 154 Å². The smallest absolute Gasteiger partial charge is 0.331 e. The highest BCUT2D eigenvalue weighted by molar-refractivity contribution is 6.30. The summed E-state index contributed by atoms with van der Waals surface area (Å²) in [6.45, 7) is 1.33. The van der Waals surface area contributed by atoms with Gasteiger partial charge in [-0.1, -0.05) is 23.7 Å². The van der Waals surface area contributed by atoms with Gasteiger partial charge in [0.15, 0.2) is 6.61 Å². The molecule has 0 aliphatic rings. The second-order valence-corrected chi connectivity index (χ2v) is 5.74. The number of nitrogens with one attached hydrogen (secondary N) is 1. The van der Waals surface area contributed by atoms with Crippen LogP contribution in [0.1, 0.15) is 11.1 Å². The third-order valence-electron chi connectivity index (χ3n) is 3.30. The molecule has 0 fully saturated rings. The number of nitro benzene ring substituents is 1. The van der Waals surface area contributed by atoms with Crippen molar-refractivity contribution in [1.82, 2.24) is 0 Å². The van der Waals surface area contributed by atoms with Crippen molar-refractivity contribution in [1.29, 1.82) is 0 Å². The highest BCUT2D eigenvalue weighted by atomic mass is 35.5. The van der Waals surface area contributed by atoms with Crippen LogP contribution in [0.4, 0.5) is 11.4 Å². The molecule has 7 nitrogen and oxygen atoms in total. The van der Waals surface area contributed by atoms with E-state index in [2.05, 4.69) is 5.32 Å². The average Bonchev–Trinajstić information content (AvgIpc) is 2.61. The molecule has 1 amide bonds. The van der Waals surface area contributed by atoms with E-state index in [1.54, 1.807) is 31.2 Å². The van der Waals surface area contributed by atoms with E-state index in [0.717, 1.165) is 11.6 Å². The lowest BCUT2D eigenvalue weighted by atomic mass is 10.2. The molecule has 0 aliphatic carbocycles. The largest absolute Gasteiger partial charge is 0.452 e. The Balaban J connectivity index is 1.87. The third-order valence-corrected chi connectivity index (χ3v) is 3.54. The van der Waals surface area contributed by atoms with Crippen LogP contribution in [0.15, 0.2) is 48.5 Å². The fourth-order valence-electron chi connectivity index (χ4n) is 2.04. The normalized spacial score (nSPS) is 10.5. The molecule has 2 rings (SSSR count). The van der Waals surface area contributed by atoms with Gasteiger partial charge in [0.1, 0.15) is 0 Å². The Bertz CT molecular complexity index is 880. The van der Waals surface area contributed by atoms with E-state index >= 15 is 0 Å². The van der Waals surface area contributed by atoms with Gasteiger partial charge in [0.25, 0.3) is 11.6 Å². The number of anilines is 1. The van der Waals surface area contributed by atoms with Crippen LogP contribution in [0.3, 0.4) is 0 Å². The molecule has 0 atom stereocenters. The molecule has 0 saturated carbocycles. The molecule has 0 aromatic heterocycles. The summed E-state index contributed by atoms with van der Waals surface area (Å²) in [6.07, 6.45) is 2.47. The minimum absolute atomic E-state index is 0.0850. The quantitative estimate of drug-likeness (QED) is 0.359. The molecule has 0 aliphatic heterocycles. The molecule has 1 N–H and O–H groups in total. The maximum absolute atomic E-state index is 11.8. The summed E-state index contributed by atoms with van der Waals surface area (Å²) >= 11 is 5.84. The zero-order valence-electron chi connectivity index (χ0n) is 13.8. The predicted molar refractivity (Wildman–Crippen MR) is 97.9 cm³/mol. The van der Waals surface area contributed by atoms with E-state index in [1.165, 1.54) is 24.3 Å². The molecule has 0 unspecified atom stereocenters. The van der Waals surface area contributed by atoms with Gasteiger partial charge < -0.3 is 10.1 Å². The number of amides is 1. The zero-order chi connectivity index (χ0) is 19.1. The Kier molecular flexibility index (Phi) is 6.46. The van der Waals surface area contributed by atoms with E-state index in [4.69, 9.17) is 16.3 Å². The number of benzene rings is 2. The molecule has 0 heterocycles. The summed E-state index contributed by atoms with van der Waals surface area (Å²) in [5, 5.41) is 13.9. The summed E-state index contributed by atoms with van der Waals surface area (Å²) in [6, 6.07) is 10.8. The topological polar surface area (TPSA) is 98.5 Å². The highest BCUT2D eigenvalue weighted by Gasteiger charge is 2.08. The van der Waals surface area contributed by atoms with Crippen LogP contribution in [0, 0.1) is 17.0 Å². The number of nitro groups is 1. The van der Waals surface area contributed by atoms with Crippen molar-refractivity contribution in [3.8, 4) is 0 Å². The zero-order valence-corrected chi connectivity index (χ0v) is 14.5. The predicted octanol–water partition coefficient (Wildman–Crippen LogP) is 3.75. The fraction of sp³-hybridized carbons (Fsp3) is 0.111.